The van der Waals surface area contributed by atoms with E-state index >= 15 is 0 Å². The summed E-state index contributed by atoms with van der Waals surface area (Å²) in [5, 5.41) is 11.6. The largest absolute Gasteiger partial charge is 0.492 e. The van der Waals surface area contributed by atoms with Crippen molar-refractivity contribution < 1.29 is 19.4 Å². The van der Waals surface area contributed by atoms with Crippen LogP contribution in [0, 0.1) is 0 Å². The number of ketones is 1. The summed E-state index contributed by atoms with van der Waals surface area (Å²) in [7, 11) is 0. The van der Waals surface area contributed by atoms with Gasteiger partial charge in [-0.1, -0.05) is 6.42 Å². The fraction of sp³-hybridized carbons (Fsp3) is 0.500. The third-order valence-corrected chi connectivity index (χ3v) is 3.16. The Morgan fingerprint density at radius 2 is 2.05 bits per heavy atom. The fourth-order valence-corrected chi connectivity index (χ4v) is 2.02. The lowest BCUT2D eigenvalue weighted by molar-refractivity contribution is -0.137. The smallest absolute Gasteiger partial charge is 0.303 e. The number of carbonyl (C=O) groups is 2. The lowest BCUT2D eigenvalue weighted by atomic mass is 10.1. The van der Waals surface area contributed by atoms with E-state index in [1.807, 2.05) is 6.92 Å². The first-order valence-electron chi connectivity index (χ1n) is 7.52. The summed E-state index contributed by atoms with van der Waals surface area (Å²) in [5.41, 5.74) is 6.85. The van der Waals surface area contributed by atoms with Gasteiger partial charge in [0.2, 0.25) is 0 Å². The van der Waals surface area contributed by atoms with Gasteiger partial charge in [-0.05, 0) is 44.5 Å². The third kappa shape index (κ3) is 6.58. The number of rotatable bonds is 11. The van der Waals surface area contributed by atoms with Crippen LogP contribution in [0.2, 0.25) is 0 Å². The number of nitrogens with one attached hydrogen (secondary N) is 1. The minimum absolute atomic E-state index is 0.0275. The van der Waals surface area contributed by atoms with Crippen LogP contribution in [0.1, 0.15) is 43.0 Å². The number of nitrogens with two attached hydrogens (primary N) is 1. The molecule has 0 saturated carbocycles. The quantitative estimate of drug-likeness (QED) is 0.329. The van der Waals surface area contributed by atoms with E-state index in [0.717, 1.165) is 12.8 Å². The highest BCUT2D eigenvalue weighted by molar-refractivity contribution is 5.98. The van der Waals surface area contributed by atoms with Crippen molar-refractivity contribution in [3.05, 3.63) is 23.8 Å². The van der Waals surface area contributed by atoms with Crippen molar-refractivity contribution >= 4 is 17.4 Å². The summed E-state index contributed by atoms with van der Waals surface area (Å²) in [6.45, 7) is 3.34. The number of unbranched alkanes of at least 4 members (excludes halogenated alkanes) is 2. The predicted molar refractivity (Wildman–Crippen MR) is 85.3 cm³/mol. The Kier molecular flexibility index (Phi) is 7.99. The van der Waals surface area contributed by atoms with Gasteiger partial charge in [0, 0.05) is 12.0 Å². The number of anilines is 1. The predicted octanol–water partition coefficient (Wildman–Crippen LogP) is 2.08. The summed E-state index contributed by atoms with van der Waals surface area (Å²) in [4.78, 5) is 22.4. The standard InChI is InChI=1S/C16H24N2O4/c1-2-22-15-8-7-12(10-13(15)17)14(19)11-18-9-5-3-4-6-16(20)21/h7-8,10,18H,2-6,9,11,17H2,1H3,(H,20,21). The van der Waals surface area contributed by atoms with Gasteiger partial charge < -0.3 is 20.9 Å². The van der Waals surface area contributed by atoms with Crippen molar-refractivity contribution in [3.63, 3.8) is 0 Å². The van der Waals surface area contributed by atoms with Gasteiger partial charge in [0.15, 0.2) is 5.78 Å². The van der Waals surface area contributed by atoms with Crippen molar-refractivity contribution in [1.29, 1.82) is 0 Å². The molecule has 6 heteroatoms. The summed E-state index contributed by atoms with van der Waals surface area (Å²) in [5.74, 6) is -0.207. The summed E-state index contributed by atoms with van der Waals surface area (Å²) >= 11 is 0. The number of nitrogen functional groups attached to an aromatic ring is 1. The SMILES string of the molecule is CCOc1ccc(C(=O)CNCCCCCC(=O)O)cc1N. The van der Waals surface area contributed by atoms with Crippen LogP contribution in [0.25, 0.3) is 0 Å². The number of carboxylic acid groups (broad SMARTS) is 1. The molecule has 0 saturated heterocycles. The zero-order chi connectivity index (χ0) is 16.4. The molecule has 1 aromatic rings. The van der Waals surface area contributed by atoms with Gasteiger partial charge in [-0.3, -0.25) is 9.59 Å². The van der Waals surface area contributed by atoms with Crippen LogP contribution in [0.3, 0.4) is 0 Å². The second-order valence-corrected chi connectivity index (χ2v) is 4.99. The van der Waals surface area contributed by atoms with Crippen LogP contribution >= 0.6 is 0 Å². The van der Waals surface area contributed by atoms with Gasteiger partial charge in [0.1, 0.15) is 5.75 Å². The molecule has 122 valence electrons. The van der Waals surface area contributed by atoms with E-state index in [1.165, 1.54) is 0 Å². The van der Waals surface area contributed by atoms with Crippen LogP contribution in [-0.4, -0.2) is 36.6 Å². The molecule has 0 aromatic heterocycles. The Bertz CT molecular complexity index is 503. The van der Waals surface area contributed by atoms with E-state index in [1.54, 1.807) is 18.2 Å². The Hall–Kier alpha value is -2.08. The molecule has 4 N–H and O–H groups in total. The average Bonchev–Trinajstić information content (AvgIpc) is 2.48. The van der Waals surface area contributed by atoms with Crippen LogP contribution in [0.4, 0.5) is 5.69 Å². The number of benzene rings is 1. The summed E-state index contributed by atoms with van der Waals surface area (Å²) < 4.78 is 5.33. The number of carbonyl (C=O) groups excluding carboxylic acids is 1. The van der Waals surface area contributed by atoms with E-state index in [4.69, 9.17) is 15.6 Å². The molecule has 0 heterocycles. The number of aliphatic carboxylic acids is 1. The molecular formula is C16H24N2O4. The molecule has 0 bridgehead atoms. The Balaban J connectivity index is 2.28. The molecule has 0 spiro atoms. The maximum atomic E-state index is 12.0. The summed E-state index contributed by atoms with van der Waals surface area (Å²) in [6.07, 6.45) is 2.56. The van der Waals surface area contributed by atoms with Crippen molar-refractivity contribution in [3.8, 4) is 5.75 Å². The van der Waals surface area contributed by atoms with E-state index < -0.39 is 5.97 Å². The molecule has 22 heavy (non-hydrogen) atoms. The molecular weight excluding hydrogens is 284 g/mol. The minimum atomic E-state index is -0.767. The second-order valence-electron chi connectivity index (χ2n) is 4.99. The molecule has 1 aromatic carbocycles. The van der Waals surface area contributed by atoms with Gasteiger partial charge in [0.25, 0.3) is 0 Å². The maximum Gasteiger partial charge on any atom is 0.303 e. The monoisotopic (exact) mass is 308 g/mol. The fourth-order valence-electron chi connectivity index (χ4n) is 2.02. The molecule has 0 aliphatic rings. The molecule has 0 atom stereocenters. The number of ether oxygens (including phenoxy) is 1. The van der Waals surface area contributed by atoms with Gasteiger partial charge >= 0.3 is 5.97 Å². The average molecular weight is 308 g/mol. The molecule has 1 rings (SSSR count). The Morgan fingerprint density at radius 3 is 2.68 bits per heavy atom. The number of carboxylic acids is 1. The minimum Gasteiger partial charge on any atom is -0.492 e. The topological polar surface area (TPSA) is 102 Å². The van der Waals surface area contributed by atoms with E-state index in [0.29, 0.717) is 36.6 Å². The normalized spacial score (nSPS) is 10.4. The second kappa shape index (κ2) is 9.78. The lowest BCUT2D eigenvalue weighted by Gasteiger charge is -2.09. The van der Waals surface area contributed by atoms with Crippen molar-refractivity contribution in [2.75, 3.05) is 25.4 Å². The van der Waals surface area contributed by atoms with Crippen LogP contribution in [0.15, 0.2) is 18.2 Å². The van der Waals surface area contributed by atoms with Gasteiger partial charge in [0.05, 0.1) is 18.8 Å². The van der Waals surface area contributed by atoms with E-state index in [-0.39, 0.29) is 18.7 Å². The van der Waals surface area contributed by atoms with Crippen LogP contribution < -0.4 is 15.8 Å². The molecule has 0 radical (unpaired) electrons. The zero-order valence-corrected chi connectivity index (χ0v) is 12.9. The number of hydrogen-bond donors (Lipinski definition) is 3. The highest BCUT2D eigenvalue weighted by atomic mass is 16.5. The number of Topliss-reactive ketones (excluding diaryl/α,β-unsaturated/α-hetero) is 1. The molecule has 6 nitrogen and oxygen atoms in total. The summed E-state index contributed by atoms with van der Waals surface area (Å²) in [6, 6.07) is 5.04. The molecule has 0 aliphatic carbocycles. The Morgan fingerprint density at radius 1 is 1.27 bits per heavy atom. The van der Waals surface area contributed by atoms with E-state index in [2.05, 4.69) is 5.32 Å². The van der Waals surface area contributed by atoms with Crippen LogP contribution in [0.5, 0.6) is 5.75 Å². The van der Waals surface area contributed by atoms with Crippen LogP contribution in [-0.2, 0) is 4.79 Å². The number of hydrogen-bond acceptors (Lipinski definition) is 5. The van der Waals surface area contributed by atoms with Crippen molar-refractivity contribution in [2.45, 2.75) is 32.6 Å². The lowest BCUT2D eigenvalue weighted by Crippen LogP contribution is -2.24. The molecule has 0 amide bonds. The first kappa shape index (κ1) is 18.0. The van der Waals surface area contributed by atoms with Crippen molar-refractivity contribution in [1.82, 2.24) is 5.32 Å². The first-order valence-corrected chi connectivity index (χ1v) is 7.52. The Labute approximate surface area is 130 Å². The molecule has 0 aliphatic heterocycles. The van der Waals surface area contributed by atoms with Gasteiger partial charge in [-0.15, -0.1) is 0 Å². The highest BCUT2D eigenvalue weighted by Gasteiger charge is 2.08. The molecule has 0 fully saturated rings. The zero-order valence-electron chi connectivity index (χ0n) is 12.9. The van der Waals surface area contributed by atoms with E-state index in [9.17, 15) is 9.59 Å². The molecule has 0 unspecified atom stereocenters. The highest BCUT2D eigenvalue weighted by Crippen LogP contribution is 2.22. The maximum absolute atomic E-state index is 12.0. The van der Waals surface area contributed by atoms with Crippen molar-refractivity contribution in [2.24, 2.45) is 0 Å². The third-order valence-electron chi connectivity index (χ3n) is 3.16. The van der Waals surface area contributed by atoms with Gasteiger partial charge in [-0.2, -0.15) is 0 Å². The van der Waals surface area contributed by atoms with Gasteiger partial charge in [-0.25, -0.2) is 0 Å². The first-order chi connectivity index (χ1) is 10.5.